The molecule has 0 aliphatic heterocycles. The fourth-order valence-corrected chi connectivity index (χ4v) is 1.34. The summed E-state index contributed by atoms with van der Waals surface area (Å²) in [5, 5.41) is 11.7. The molecule has 0 aliphatic carbocycles. The van der Waals surface area contributed by atoms with Gasteiger partial charge in [0.25, 0.3) is 0 Å². The van der Waals surface area contributed by atoms with Crippen molar-refractivity contribution in [1.82, 2.24) is 0 Å². The van der Waals surface area contributed by atoms with E-state index in [0.717, 1.165) is 11.1 Å². The number of carbonyl (C=O) groups excluding carboxylic acids is 1. The zero-order valence-corrected chi connectivity index (χ0v) is 10.7. The summed E-state index contributed by atoms with van der Waals surface area (Å²) in [6, 6.07) is 5.36. The lowest BCUT2D eigenvalue weighted by Crippen LogP contribution is -2.27. The molecule has 0 aliphatic rings. The molecule has 0 heterocycles. The minimum atomic E-state index is -0.519. The third-order valence-corrected chi connectivity index (χ3v) is 2.16. The molecular weight excluding hydrogens is 218 g/mol. The number of nitrogens with one attached hydrogen (secondary N) is 1. The number of aliphatic hydroxyl groups is 1. The van der Waals surface area contributed by atoms with Crippen LogP contribution in [0.4, 0.5) is 10.5 Å². The van der Waals surface area contributed by atoms with Gasteiger partial charge in [-0.3, -0.25) is 5.32 Å². The van der Waals surface area contributed by atoms with Crippen molar-refractivity contribution >= 4 is 11.8 Å². The molecule has 17 heavy (non-hydrogen) atoms. The van der Waals surface area contributed by atoms with Crippen LogP contribution in [0.15, 0.2) is 18.2 Å². The standard InChI is InChI=1S/C13H19NO3/c1-9-5-6-11(7-10(9)8-15)14-12(16)17-13(2,3)4/h5-7,15H,8H2,1-4H3,(H,14,16). The van der Waals surface area contributed by atoms with Gasteiger partial charge in [0.05, 0.1) is 6.61 Å². The number of hydrogen-bond acceptors (Lipinski definition) is 3. The minimum absolute atomic E-state index is 0.0460. The first-order valence-corrected chi connectivity index (χ1v) is 5.52. The number of rotatable bonds is 2. The fraction of sp³-hybridized carbons (Fsp3) is 0.462. The molecule has 0 radical (unpaired) electrons. The summed E-state index contributed by atoms with van der Waals surface area (Å²) >= 11 is 0. The molecule has 0 bridgehead atoms. The maximum atomic E-state index is 11.5. The van der Waals surface area contributed by atoms with Gasteiger partial charge in [0, 0.05) is 5.69 Å². The monoisotopic (exact) mass is 237 g/mol. The summed E-state index contributed by atoms with van der Waals surface area (Å²) < 4.78 is 5.13. The molecule has 0 saturated heterocycles. The molecule has 4 heteroatoms. The average molecular weight is 237 g/mol. The third kappa shape index (κ3) is 4.44. The van der Waals surface area contributed by atoms with Crippen LogP contribution in [0.1, 0.15) is 31.9 Å². The summed E-state index contributed by atoms with van der Waals surface area (Å²) in [5.74, 6) is 0. The van der Waals surface area contributed by atoms with Crippen molar-refractivity contribution in [2.24, 2.45) is 0 Å². The van der Waals surface area contributed by atoms with Crippen LogP contribution in [0.2, 0.25) is 0 Å². The van der Waals surface area contributed by atoms with Gasteiger partial charge in [-0.25, -0.2) is 4.79 Å². The van der Waals surface area contributed by atoms with Crippen molar-refractivity contribution in [3.8, 4) is 0 Å². The average Bonchev–Trinajstić information content (AvgIpc) is 2.18. The zero-order valence-electron chi connectivity index (χ0n) is 10.7. The van der Waals surface area contributed by atoms with Gasteiger partial charge in [-0.05, 0) is 51.0 Å². The van der Waals surface area contributed by atoms with Crippen LogP contribution in [0.3, 0.4) is 0 Å². The van der Waals surface area contributed by atoms with Crippen LogP contribution in [-0.4, -0.2) is 16.8 Å². The van der Waals surface area contributed by atoms with Gasteiger partial charge < -0.3 is 9.84 Å². The fourth-order valence-electron chi connectivity index (χ4n) is 1.34. The molecule has 0 spiro atoms. The molecule has 1 rings (SSSR count). The van der Waals surface area contributed by atoms with Crippen molar-refractivity contribution in [2.45, 2.75) is 39.9 Å². The van der Waals surface area contributed by atoms with Crippen molar-refractivity contribution in [1.29, 1.82) is 0 Å². The predicted molar refractivity (Wildman–Crippen MR) is 67.0 cm³/mol. The molecule has 0 aromatic heterocycles. The van der Waals surface area contributed by atoms with Crippen LogP contribution < -0.4 is 5.32 Å². The highest BCUT2D eigenvalue weighted by atomic mass is 16.6. The van der Waals surface area contributed by atoms with E-state index in [2.05, 4.69) is 5.32 Å². The van der Waals surface area contributed by atoms with Gasteiger partial charge in [-0.2, -0.15) is 0 Å². The second-order valence-electron chi connectivity index (χ2n) is 4.93. The summed E-state index contributed by atoms with van der Waals surface area (Å²) in [5.41, 5.74) is 1.88. The Morgan fingerprint density at radius 3 is 2.59 bits per heavy atom. The van der Waals surface area contributed by atoms with E-state index in [1.807, 2.05) is 13.0 Å². The Morgan fingerprint density at radius 1 is 1.41 bits per heavy atom. The second kappa shape index (κ2) is 5.19. The van der Waals surface area contributed by atoms with Gasteiger partial charge in [0.15, 0.2) is 0 Å². The van der Waals surface area contributed by atoms with Gasteiger partial charge >= 0.3 is 6.09 Å². The van der Waals surface area contributed by atoms with E-state index < -0.39 is 11.7 Å². The maximum absolute atomic E-state index is 11.5. The molecular formula is C13H19NO3. The first kappa shape index (κ1) is 13.5. The van der Waals surface area contributed by atoms with Crippen molar-refractivity contribution in [3.63, 3.8) is 0 Å². The predicted octanol–water partition coefficient (Wildman–Crippen LogP) is 2.83. The van der Waals surface area contributed by atoms with E-state index in [1.165, 1.54) is 0 Å². The minimum Gasteiger partial charge on any atom is -0.444 e. The molecule has 94 valence electrons. The van der Waals surface area contributed by atoms with Gasteiger partial charge in [0.2, 0.25) is 0 Å². The topological polar surface area (TPSA) is 58.6 Å². The number of ether oxygens (including phenoxy) is 1. The van der Waals surface area contributed by atoms with Crippen molar-refractivity contribution in [3.05, 3.63) is 29.3 Å². The van der Waals surface area contributed by atoms with E-state index in [-0.39, 0.29) is 6.61 Å². The van der Waals surface area contributed by atoms with Crippen LogP contribution in [0.25, 0.3) is 0 Å². The Labute approximate surface area is 102 Å². The molecule has 0 atom stereocenters. The SMILES string of the molecule is Cc1ccc(NC(=O)OC(C)(C)C)cc1CO. The van der Waals surface area contributed by atoms with Gasteiger partial charge in [-0.15, -0.1) is 0 Å². The van der Waals surface area contributed by atoms with Gasteiger partial charge in [-0.1, -0.05) is 6.07 Å². The molecule has 0 unspecified atom stereocenters. The van der Waals surface area contributed by atoms with Crippen molar-refractivity contribution < 1.29 is 14.6 Å². The van der Waals surface area contributed by atoms with Crippen LogP contribution in [0.5, 0.6) is 0 Å². The van der Waals surface area contributed by atoms with E-state index >= 15 is 0 Å². The number of benzene rings is 1. The summed E-state index contributed by atoms with van der Waals surface area (Å²) in [4.78, 5) is 11.5. The maximum Gasteiger partial charge on any atom is 0.412 e. The largest absolute Gasteiger partial charge is 0.444 e. The number of hydrogen-bond donors (Lipinski definition) is 2. The van der Waals surface area contributed by atoms with E-state index in [9.17, 15) is 4.79 Å². The molecule has 1 aromatic carbocycles. The Kier molecular flexibility index (Phi) is 4.12. The van der Waals surface area contributed by atoms with Gasteiger partial charge in [0.1, 0.15) is 5.60 Å². The lowest BCUT2D eigenvalue weighted by atomic mass is 10.1. The highest BCUT2D eigenvalue weighted by Crippen LogP contribution is 2.16. The molecule has 2 N–H and O–H groups in total. The lowest BCUT2D eigenvalue weighted by Gasteiger charge is -2.19. The van der Waals surface area contributed by atoms with E-state index in [0.29, 0.717) is 5.69 Å². The number of aliphatic hydroxyl groups excluding tert-OH is 1. The Hall–Kier alpha value is -1.55. The normalized spacial score (nSPS) is 11.1. The quantitative estimate of drug-likeness (QED) is 0.831. The van der Waals surface area contributed by atoms with Crippen LogP contribution in [-0.2, 0) is 11.3 Å². The molecule has 0 fully saturated rings. The number of aryl methyl sites for hydroxylation is 1. The Morgan fingerprint density at radius 2 is 2.06 bits per heavy atom. The van der Waals surface area contributed by atoms with Crippen LogP contribution >= 0.6 is 0 Å². The molecule has 1 amide bonds. The Balaban J connectivity index is 2.72. The summed E-state index contributed by atoms with van der Waals surface area (Å²) in [7, 11) is 0. The highest BCUT2D eigenvalue weighted by molar-refractivity contribution is 5.85. The number of carbonyl (C=O) groups is 1. The molecule has 1 aromatic rings. The number of amides is 1. The third-order valence-electron chi connectivity index (χ3n) is 2.16. The zero-order chi connectivity index (χ0) is 13.1. The first-order valence-electron chi connectivity index (χ1n) is 5.52. The lowest BCUT2D eigenvalue weighted by molar-refractivity contribution is 0.0636. The van der Waals surface area contributed by atoms with E-state index in [4.69, 9.17) is 9.84 Å². The summed E-state index contributed by atoms with van der Waals surface area (Å²) in [6.45, 7) is 7.28. The smallest absolute Gasteiger partial charge is 0.412 e. The van der Waals surface area contributed by atoms with Crippen LogP contribution in [0, 0.1) is 6.92 Å². The van der Waals surface area contributed by atoms with Crippen molar-refractivity contribution in [2.75, 3.05) is 5.32 Å². The number of anilines is 1. The Bertz CT molecular complexity index is 408. The molecule has 0 saturated carbocycles. The summed E-state index contributed by atoms with van der Waals surface area (Å²) in [6.07, 6.45) is -0.495. The first-order chi connectivity index (χ1) is 7.81. The second-order valence-corrected chi connectivity index (χ2v) is 4.93. The highest BCUT2D eigenvalue weighted by Gasteiger charge is 2.16. The van der Waals surface area contributed by atoms with E-state index in [1.54, 1.807) is 32.9 Å². The molecule has 4 nitrogen and oxygen atoms in total.